The van der Waals surface area contributed by atoms with Crippen molar-refractivity contribution in [2.75, 3.05) is 0 Å². The van der Waals surface area contributed by atoms with E-state index in [1.165, 1.54) is 0 Å². The summed E-state index contributed by atoms with van der Waals surface area (Å²) in [6.45, 7) is 7.67. The molecular weight excluding hydrogens is 232 g/mol. The van der Waals surface area contributed by atoms with Gasteiger partial charge < -0.3 is 9.63 Å². The molecule has 1 aromatic rings. The summed E-state index contributed by atoms with van der Waals surface area (Å²) in [5.74, 6) is 1.36. The zero-order valence-corrected chi connectivity index (χ0v) is 11.3. The maximum Gasteiger partial charge on any atom is 0.310 e. The van der Waals surface area contributed by atoms with Gasteiger partial charge >= 0.3 is 5.97 Å². The summed E-state index contributed by atoms with van der Waals surface area (Å²) in [7, 11) is 0. The minimum Gasteiger partial charge on any atom is -0.481 e. The third-order valence-electron chi connectivity index (χ3n) is 4.21. The fourth-order valence-electron chi connectivity index (χ4n) is 2.01. The maximum absolute atomic E-state index is 11.4. The molecule has 1 aliphatic carbocycles. The summed E-state index contributed by atoms with van der Waals surface area (Å²) >= 11 is 0. The Morgan fingerprint density at radius 2 is 2.22 bits per heavy atom. The highest BCUT2D eigenvalue weighted by molar-refractivity contribution is 5.74. The van der Waals surface area contributed by atoms with Crippen molar-refractivity contribution in [2.24, 2.45) is 17.3 Å². The van der Waals surface area contributed by atoms with E-state index in [4.69, 9.17) is 4.52 Å². The number of carbonyl (C=O) groups is 1. The Labute approximate surface area is 107 Å². The van der Waals surface area contributed by atoms with Crippen molar-refractivity contribution in [3.05, 3.63) is 11.7 Å². The summed E-state index contributed by atoms with van der Waals surface area (Å²) in [5.41, 5.74) is -0.862. The number of rotatable bonds is 5. The van der Waals surface area contributed by atoms with Gasteiger partial charge in [-0.05, 0) is 25.2 Å². The quantitative estimate of drug-likeness (QED) is 0.871. The summed E-state index contributed by atoms with van der Waals surface area (Å²) in [6, 6.07) is 0. The van der Waals surface area contributed by atoms with E-state index in [1.807, 2.05) is 13.8 Å². The lowest BCUT2D eigenvalue weighted by Gasteiger charge is -2.27. The van der Waals surface area contributed by atoms with Crippen LogP contribution in [0.4, 0.5) is 0 Å². The van der Waals surface area contributed by atoms with Crippen LogP contribution in [0.3, 0.4) is 0 Å². The molecule has 3 atom stereocenters. The van der Waals surface area contributed by atoms with E-state index in [0.29, 0.717) is 17.7 Å². The summed E-state index contributed by atoms with van der Waals surface area (Å²) in [4.78, 5) is 15.7. The van der Waals surface area contributed by atoms with Crippen molar-refractivity contribution in [2.45, 2.75) is 46.5 Å². The van der Waals surface area contributed by atoms with Gasteiger partial charge in [0.1, 0.15) is 0 Å². The first-order valence-electron chi connectivity index (χ1n) is 6.40. The molecule has 1 saturated carbocycles. The fourth-order valence-corrected chi connectivity index (χ4v) is 2.01. The second-order valence-electron chi connectivity index (χ2n) is 5.92. The Hall–Kier alpha value is -1.39. The van der Waals surface area contributed by atoms with Crippen LogP contribution >= 0.6 is 0 Å². The van der Waals surface area contributed by atoms with E-state index in [9.17, 15) is 9.90 Å². The molecule has 18 heavy (non-hydrogen) atoms. The van der Waals surface area contributed by atoms with Gasteiger partial charge in [0.2, 0.25) is 5.89 Å². The standard InChI is InChI=1S/C13H20N2O3/c1-7(2)13(4,12(16)17)6-10-14-11(15-18-10)9-5-8(9)3/h7-9H,5-6H2,1-4H3,(H,16,17). The second kappa shape index (κ2) is 4.37. The molecule has 0 bridgehead atoms. The number of carboxylic acids is 1. The zero-order chi connectivity index (χ0) is 13.5. The van der Waals surface area contributed by atoms with Gasteiger partial charge in [-0.15, -0.1) is 0 Å². The molecule has 2 rings (SSSR count). The molecular formula is C13H20N2O3. The summed E-state index contributed by atoms with van der Waals surface area (Å²) in [6.07, 6.45) is 1.38. The molecule has 1 fully saturated rings. The highest BCUT2D eigenvalue weighted by Crippen LogP contribution is 2.45. The van der Waals surface area contributed by atoms with E-state index in [2.05, 4.69) is 17.1 Å². The molecule has 5 heteroatoms. The zero-order valence-electron chi connectivity index (χ0n) is 11.3. The number of hydrogen-bond donors (Lipinski definition) is 1. The van der Waals surface area contributed by atoms with E-state index in [-0.39, 0.29) is 12.3 Å². The smallest absolute Gasteiger partial charge is 0.310 e. The van der Waals surface area contributed by atoms with Crippen LogP contribution < -0.4 is 0 Å². The molecule has 1 aromatic heterocycles. The largest absolute Gasteiger partial charge is 0.481 e. The van der Waals surface area contributed by atoms with Crippen molar-refractivity contribution in [1.29, 1.82) is 0 Å². The van der Waals surface area contributed by atoms with Crippen LogP contribution in [0.1, 0.15) is 51.7 Å². The van der Waals surface area contributed by atoms with Crippen LogP contribution in [-0.4, -0.2) is 21.2 Å². The number of nitrogens with zero attached hydrogens (tertiary/aromatic N) is 2. The Morgan fingerprint density at radius 1 is 1.61 bits per heavy atom. The Bertz CT molecular complexity index is 455. The van der Waals surface area contributed by atoms with Gasteiger partial charge in [-0.2, -0.15) is 4.98 Å². The lowest BCUT2D eigenvalue weighted by molar-refractivity contribution is -0.150. The van der Waals surface area contributed by atoms with Crippen LogP contribution in [0.2, 0.25) is 0 Å². The van der Waals surface area contributed by atoms with Crippen molar-refractivity contribution in [3.8, 4) is 0 Å². The molecule has 0 radical (unpaired) electrons. The molecule has 0 amide bonds. The van der Waals surface area contributed by atoms with E-state index >= 15 is 0 Å². The molecule has 0 saturated heterocycles. The SMILES string of the molecule is CC1CC1c1noc(CC(C)(C(=O)O)C(C)C)n1. The van der Waals surface area contributed by atoms with Gasteiger partial charge in [0.25, 0.3) is 0 Å². The predicted octanol–water partition coefficient (Wildman–Crippen LogP) is 2.48. The minimum absolute atomic E-state index is 0.00481. The molecule has 1 N–H and O–H groups in total. The third kappa shape index (κ3) is 2.26. The van der Waals surface area contributed by atoms with Crippen LogP contribution in [0, 0.1) is 17.3 Å². The van der Waals surface area contributed by atoms with Crippen LogP contribution in [0.25, 0.3) is 0 Å². The van der Waals surface area contributed by atoms with E-state index < -0.39 is 11.4 Å². The van der Waals surface area contributed by atoms with Crippen molar-refractivity contribution >= 4 is 5.97 Å². The molecule has 0 spiro atoms. The van der Waals surface area contributed by atoms with Crippen LogP contribution in [-0.2, 0) is 11.2 Å². The topological polar surface area (TPSA) is 76.2 Å². The number of aliphatic carboxylic acids is 1. The lowest BCUT2D eigenvalue weighted by atomic mass is 9.76. The Morgan fingerprint density at radius 3 is 2.67 bits per heavy atom. The number of carboxylic acid groups (broad SMARTS) is 1. The number of aromatic nitrogens is 2. The van der Waals surface area contributed by atoms with Crippen molar-refractivity contribution in [1.82, 2.24) is 10.1 Å². The van der Waals surface area contributed by atoms with Crippen LogP contribution in [0.5, 0.6) is 0 Å². The average molecular weight is 252 g/mol. The average Bonchev–Trinajstić information content (AvgIpc) is 2.84. The summed E-state index contributed by atoms with van der Waals surface area (Å²) < 4.78 is 5.19. The van der Waals surface area contributed by atoms with Gasteiger partial charge in [-0.1, -0.05) is 25.9 Å². The first-order valence-corrected chi connectivity index (χ1v) is 6.40. The van der Waals surface area contributed by atoms with E-state index in [1.54, 1.807) is 6.92 Å². The fraction of sp³-hybridized carbons (Fsp3) is 0.769. The minimum atomic E-state index is -0.862. The monoisotopic (exact) mass is 252 g/mol. The molecule has 5 nitrogen and oxygen atoms in total. The van der Waals surface area contributed by atoms with Gasteiger partial charge in [0.15, 0.2) is 5.82 Å². The molecule has 0 aliphatic heterocycles. The number of hydrogen-bond acceptors (Lipinski definition) is 4. The molecule has 3 unspecified atom stereocenters. The molecule has 1 aliphatic rings. The molecule has 100 valence electrons. The van der Waals surface area contributed by atoms with E-state index in [0.717, 1.165) is 12.2 Å². The van der Waals surface area contributed by atoms with Gasteiger partial charge in [-0.3, -0.25) is 4.79 Å². The summed E-state index contributed by atoms with van der Waals surface area (Å²) in [5, 5.41) is 13.3. The third-order valence-corrected chi connectivity index (χ3v) is 4.21. The Kier molecular flexibility index (Phi) is 3.17. The van der Waals surface area contributed by atoms with Crippen molar-refractivity contribution < 1.29 is 14.4 Å². The highest BCUT2D eigenvalue weighted by Gasteiger charge is 2.41. The van der Waals surface area contributed by atoms with Gasteiger partial charge in [0.05, 0.1) is 5.41 Å². The maximum atomic E-state index is 11.4. The van der Waals surface area contributed by atoms with Gasteiger partial charge in [-0.25, -0.2) is 0 Å². The Balaban J connectivity index is 2.12. The lowest BCUT2D eigenvalue weighted by Crippen LogP contribution is -2.35. The van der Waals surface area contributed by atoms with Crippen LogP contribution in [0.15, 0.2) is 4.52 Å². The first-order chi connectivity index (χ1) is 8.34. The molecule has 0 aromatic carbocycles. The first kappa shape index (κ1) is 13.1. The van der Waals surface area contributed by atoms with Gasteiger partial charge in [0, 0.05) is 12.3 Å². The predicted molar refractivity (Wildman–Crippen MR) is 65.1 cm³/mol. The normalized spacial score (nSPS) is 26.1. The second-order valence-corrected chi connectivity index (χ2v) is 5.92. The molecule has 1 heterocycles. The highest BCUT2D eigenvalue weighted by atomic mass is 16.5. The van der Waals surface area contributed by atoms with Crippen molar-refractivity contribution in [3.63, 3.8) is 0 Å².